The number of hydrogen-bond donors (Lipinski definition) is 2. The van der Waals surface area contributed by atoms with Crippen LogP contribution in [0.1, 0.15) is 55.4 Å². The SMILES string of the molecule is CCNC1(Cl)N=C(Cl)N(CC)C(NC(C)(C)C)N1C(C)(C)C. The largest absolute Gasteiger partial charge is 0.319 e. The van der Waals surface area contributed by atoms with Gasteiger partial charge in [0.15, 0.2) is 5.29 Å². The molecular formula is C15H31Cl2N5. The summed E-state index contributed by atoms with van der Waals surface area (Å²) in [6, 6.07) is 0. The molecule has 2 unspecified atom stereocenters. The van der Waals surface area contributed by atoms with E-state index in [0.717, 1.165) is 6.54 Å². The minimum Gasteiger partial charge on any atom is -0.319 e. The number of rotatable bonds is 4. The Morgan fingerprint density at radius 1 is 1.18 bits per heavy atom. The van der Waals surface area contributed by atoms with Crippen molar-refractivity contribution in [2.75, 3.05) is 13.1 Å². The van der Waals surface area contributed by atoms with E-state index in [1.807, 2.05) is 11.8 Å². The van der Waals surface area contributed by atoms with E-state index in [-0.39, 0.29) is 17.4 Å². The lowest BCUT2D eigenvalue weighted by molar-refractivity contribution is -0.0838. The van der Waals surface area contributed by atoms with Gasteiger partial charge in [-0.25, -0.2) is 9.89 Å². The Labute approximate surface area is 145 Å². The molecule has 0 aromatic carbocycles. The molecule has 2 atom stereocenters. The maximum absolute atomic E-state index is 6.84. The molecule has 2 N–H and O–H groups in total. The van der Waals surface area contributed by atoms with Gasteiger partial charge in [-0.2, -0.15) is 0 Å². The molecule has 0 aliphatic carbocycles. The number of amidine groups is 1. The zero-order valence-corrected chi connectivity index (χ0v) is 16.6. The average Bonchev–Trinajstić information content (AvgIpc) is 2.23. The number of halogens is 2. The fourth-order valence-electron chi connectivity index (χ4n) is 2.64. The van der Waals surface area contributed by atoms with Gasteiger partial charge in [-0.15, -0.1) is 0 Å². The first-order valence-corrected chi connectivity index (χ1v) is 8.64. The van der Waals surface area contributed by atoms with E-state index < -0.39 is 5.25 Å². The molecule has 0 radical (unpaired) electrons. The van der Waals surface area contributed by atoms with E-state index in [2.05, 4.69) is 69.0 Å². The number of nitrogens with zero attached hydrogens (tertiary/aromatic N) is 3. The number of aliphatic imine (C=N–C) groups is 1. The van der Waals surface area contributed by atoms with Gasteiger partial charge in [-0.1, -0.05) is 18.5 Å². The first-order chi connectivity index (χ1) is 9.85. The van der Waals surface area contributed by atoms with Gasteiger partial charge in [0.1, 0.15) is 6.29 Å². The van der Waals surface area contributed by atoms with Crippen LogP contribution in [-0.4, -0.2) is 50.8 Å². The van der Waals surface area contributed by atoms with Crippen LogP contribution in [0.25, 0.3) is 0 Å². The lowest BCUT2D eigenvalue weighted by Crippen LogP contribution is -2.75. The minimum atomic E-state index is -1.07. The van der Waals surface area contributed by atoms with E-state index in [0.29, 0.717) is 11.8 Å². The van der Waals surface area contributed by atoms with Crippen molar-refractivity contribution in [3.8, 4) is 0 Å². The van der Waals surface area contributed by atoms with Gasteiger partial charge >= 0.3 is 0 Å². The van der Waals surface area contributed by atoms with Crippen molar-refractivity contribution < 1.29 is 0 Å². The predicted molar refractivity (Wildman–Crippen MR) is 96.2 cm³/mol. The highest BCUT2D eigenvalue weighted by Crippen LogP contribution is 2.36. The van der Waals surface area contributed by atoms with Crippen molar-refractivity contribution in [2.45, 2.75) is 78.0 Å². The third-order valence-corrected chi connectivity index (χ3v) is 4.07. The standard InChI is InChI=1S/C15H31Cl2N5/c1-9-18-15(17)19-11(16)21(10-2)12(20-13(3,4)5)22(15)14(6,7)8/h12,18,20H,9-10H2,1-8H3. The molecule has 5 nitrogen and oxygen atoms in total. The molecule has 22 heavy (non-hydrogen) atoms. The molecule has 0 bridgehead atoms. The van der Waals surface area contributed by atoms with Crippen molar-refractivity contribution in [1.29, 1.82) is 0 Å². The summed E-state index contributed by atoms with van der Waals surface area (Å²) in [6.07, 6.45) is -0.161. The zero-order valence-electron chi connectivity index (χ0n) is 15.1. The molecule has 0 aromatic rings. The summed E-state index contributed by atoms with van der Waals surface area (Å²) in [7, 11) is 0. The highest BCUT2D eigenvalue weighted by molar-refractivity contribution is 6.65. The Kier molecular flexibility index (Phi) is 6.19. The molecule has 0 fully saturated rings. The van der Waals surface area contributed by atoms with E-state index >= 15 is 0 Å². The summed E-state index contributed by atoms with van der Waals surface area (Å²) < 4.78 is 0. The summed E-state index contributed by atoms with van der Waals surface area (Å²) in [4.78, 5) is 8.69. The van der Waals surface area contributed by atoms with E-state index in [1.165, 1.54) is 0 Å². The van der Waals surface area contributed by atoms with Gasteiger partial charge in [0.2, 0.25) is 0 Å². The van der Waals surface area contributed by atoms with Crippen LogP contribution in [0, 0.1) is 0 Å². The van der Waals surface area contributed by atoms with Crippen LogP contribution in [0.3, 0.4) is 0 Å². The lowest BCUT2D eigenvalue weighted by atomic mass is 10.0. The molecule has 130 valence electrons. The van der Waals surface area contributed by atoms with Gasteiger partial charge in [-0.05, 0) is 66.6 Å². The highest BCUT2D eigenvalue weighted by Gasteiger charge is 2.51. The maximum Gasteiger partial charge on any atom is 0.252 e. The Bertz CT molecular complexity index is 413. The van der Waals surface area contributed by atoms with Crippen LogP contribution >= 0.6 is 23.2 Å². The third kappa shape index (κ3) is 4.48. The second-order valence-electron chi connectivity index (χ2n) is 7.59. The van der Waals surface area contributed by atoms with Crippen LogP contribution in [0.5, 0.6) is 0 Å². The number of hydrogen-bond acceptors (Lipinski definition) is 5. The van der Waals surface area contributed by atoms with Crippen molar-refractivity contribution in [2.24, 2.45) is 4.99 Å². The number of nitrogens with one attached hydrogen (secondary N) is 2. The monoisotopic (exact) mass is 351 g/mol. The molecule has 1 heterocycles. The Hall–Kier alpha value is -0.0700. The quantitative estimate of drug-likeness (QED) is 0.603. The summed E-state index contributed by atoms with van der Waals surface area (Å²) in [5.41, 5.74) is -0.318. The second kappa shape index (κ2) is 6.81. The van der Waals surface area contributed by atoms with Gasteiger partial charge in [-0.3, -0.25) is 10.6 Å². The zero-order chi connectivity index (χ0) is 17.3. The molecule has 1 aliphatic heterocycles. The lowest BCUT2D eigenvalue weighted by Gasteiger charge is -2.56. The van der Waals surface area contributed by atoms with Crippen LogP contribution in [0.15, 0.2) is 4.99 Å². The fourth-order valence-corrected chi connectivity index (χ4v) is 3.57. The van der Waals surface area contributed by atoms with Crippen LogP contribution in [0.4, 0.5) is 0 Å². The van der Waals surface area contributed by atoms with E-state index in [4.69, 9.17) is 23.2 Å². The third-order valence-electron chi connectivity index (χ3n) is 3.36. The van der Waals surface area contributed by atoms with Crippen molar-refractivity contribution in [1.82, 2.24) is 20.4 Å². The first-order valence-electron chi connectivity index (χ1n) is 7.89. The van der Waals surface area contributed by atoms with E-state index in [9.17, 15) is 0 Å². The topological polar surface area (TPSA) is 42.9 Å². The summed E-state index contributed by atoms with van der Waals surface area (Å²) >= 11 is 13.3. The summed E-state index contributed by atoms with van der Waals surface area (Å²) in [6.45, 7) is 18.3. The smallest absolute Gasteiger partial charge is 0.252 e. The molecular weight excluding hydrogens is 321 g/mol. The summed E-state index contributed by atoms with van der Waals surface area (Å²) in [5.74, 6) is 0. The van der Waals surface area contributed by atoms with Gasteiger partial charge in [0, 0.05) is 17.6 Å². The van der Waals surface area contributed by atoms with Gasteiger partial charge < -0.3 is 4.90 Å². The van der Waals surface area contributed by atoms with Crippen molar-refractivity contribution in [3.05, 3.63) is 0 Å². The average molecular weight is 352 g/mol. The Morgan fingerprint density at radius 2 is 1.73 bits per heavy atom. The number of alkyl halides is 1. The summed E-state index contributed by atoms with van der Waals surface area (Å²) in [5, 5.41) is 6.23. The maximum atomic E-state index is 6.84. The normalized spacial score (nSPS) is 28.0. The Morgan fingerprint density at radius 3 is 2.09 bits per heavy atom. The molecule has 0 amide bonds. The molecule has 0 saturated carbocycles. The minimum absolute atomic E-state index is 0.0971. The first kappa shape index (κ1) is 20.0. The molecule has 0 saturated heterocycles. The van der Waals surface area contributed by atoms with Crippen LogP contribution < -0.4 is 10.6 Å². The van der Waals surface area contributed by atoms with Gasteiger partial charge in [0.05, 0.1) is 0 Å². The molecule has 0 aromatic heterocycles. The van der Waals surface area contributed by atoms with Crippen molar-refractivity contribution in [3.63, 3.8) is 0 Å². The second-order valence-corrected chi connectivity index (χ2v) is 8.46. The van der Waals surface area contributed by atoms with Gasteiger partial charge in [0.25, 0.3) is 5.25 Å². The molecule has 1 rings (SSSR count). The molecule has 7 heteroatoms. The van der Waals surface area contributed by atoms with E-state index in [1.54, 1.807) is 0 Å². The highest BCUT2D eigenvalue weighted by atomic mass is 35.5. The van der Waals surface area contributed by atoms with Crippen LogP contribution in [0.2, 0.25) is 0 Å². The predicted octanol–water partition coefficient (Wildman–Crippen LogP) is 3.15. The molecule has 0 spiro atoms. The Balaban J connectivity index is 3.41. The molecule has 1 aliphatic rings. The van der Waals surface area contributed by atoms with Crippen LogP contribution in [-0.2, 0) is 0 Å². The fraction of sp³-hybridized carbons (Fsp3) is 0.933. The van der Waals surface area contributed by atoms with Crippen molar-refractivity contribution >= 4 is 28.5 Å².